The molecule has 2 N–H and O–H groups in total. The Morgan fingerprint density at radius 3 is 2.61 bits per heavy atom. The summed E-state index contributed by atoms with van der Waals surface area (Å²) in [5.41, 5.74) is 6.80. The molecule has 6 heteroatoms. The molecule has 1 aliphatic carbocycles. The first kappa shape index (κ1) is 13.0. The van der Waals surface area contributed by atoms with Gasteiger partial charge in [0.2, 0.25) is 5.88 Å². The van der Waals surface area contributed by atoms with Crippen LogP contribution in [0.3, 0.4) is 0 Å². The molecular formula is C12H15F3N2O. The van der Waals surface area contributed by atoms with Gasteiger partial charge in [-0.15, -0.1) is 0 Å². The molecule has 0 bridgehead atoms. The highest BCUT2D eigenvalue weighted by molar-refractivity contribution is 5.44. The van der Waals surface area contributed by atoms with Gasteiger partial charge in [-0.3, -0.25) is 0 Å². The van der Waals surface area contributed by atoms with Gasteiger partial charge in [-0.2, -0.15) is 13.2 Å². The minimum absolute atomic E-state index is 0.0634. The van der Waals surface area contributed by atoms with Crippen LogP contribution in [0.4, 0.5) is 18.9 Å². The lowest BCUT2D eigenvalue weighted by atomic mass is 9.98. The van der Waals surface area contributed by atoms with Crippen molar-refractivity contribution in [2.45, 2.75) is 37.8 Å². The van der Waals surface area contributed by atoms with Crippen molar-refractivity contribution in [3.05, 3.63) is 17.8 Å². The second-order valence-corrected chi connectivity index (χ2v) is 4.55. The minimum atomic E-state index is -4.35. The molecule has 1 fully saturated rings. The van der Waals surface area contributed by atoms with Crippen LogP contribution in [0.5, 0.6) is 5.88 Å². The van der Waals surface area contributed by atoms with E-state index >= 15 is 0 Å². The van der Waals surface area contributed by atoms with E-state index in [9.17, 15) is 13.2 Å². The van der Waals surface area contributed by atoms with Crippen molar-refractivity contribution in [1.82, 2.24) is 4.98 Å². The Kier molecular flexibility index (Phi) is 3.63. The summed E-state index contributed by atoms with van der Waals surface area (Å²) in [7, 11) is 0. The maximum Gasteiger partial charge on any atom is 0.422 e. The quantitative estimate of drug-likeness (QED) is 0.907. The van der Waals surface area contributed by atoms with Crippen LogP contribution in [0.2, 0.25) is 0 Å². The topological polar surface area (TPSA) is 48.1 Å². The van der Waals surface area contributed by atoms with Gasteiger partial charge >= 0.3 is 6.18 Å². The normalized spacial score (nSPS) is 17.1. The number of alkyl halides is 3. The van der Waals surface area contributed by atoms with Crippen molar-refractivity contribution in [2.24, 2.45) is 0 Å². The Hall–Kier alpha value is -1.46. The maximum atomic E-state index is 12.2. The first-order chi connectivity index (χ1) is 8.46. The first-order valence-electron chi connectivity index (χ1n) is 5.90. The lowest BCUT2D eigenvalue weighted by Gasteiger charge is -2.16. The Bertz CT molecular complexity index is 414. The van der Waals surface area contributed by atoms with E-state index in [0.29, 0.717) is 11.3 Å². The average Bonchev–Trinajstić information content (AvgIpc) is 2.79. The van der Waals surface area contributed by atoms with Gasteiger partial charge in [0, 0.05) is 5.56 Å². The zero-order valence-corrected chi connectivity index (χ0v) is 9.83. The molecule has 3 nitrogen and oxygen atoms in total. The number of halogens is 3. The molecule has 0 unspecified atom stereocenters. The van der Waals surface area contributed by atoms with E-state index in [1.165, 1.54) is 6.20 Å². The summed E-state index contributed by atoms with van der Waals surface area (Å²) in [6.45, 7) is -1.32. The molecule has 0 saturated heterocycles. The van der Waals surface area contributed by atoms with E-state index in [4.69, 9.17) is 10.5 Å². The van der Waals surface area contributed by atoms with Gasteiger partial charge < -0.3 is 10.5 Å². The summed E-state index contributed by atoms with van der Waals surface area (Å²) in [5.74, 6) is 0.276. The summed E-state index contributed by atoms with van der Waals surface area (Å²) in [4.78, 5) is 3.88. The Morgan fingerprint density at radius 1 is 1.33 bits per heavy atom. The van der Waals surface area contributed by atoms with E-state index < -0.39 is 12.8 Å². The van der Waals surface area contributed by atoms with Crippen molar-refractivity contribution < 1.29 is 17.9 Å². The summed E-state index contributed by atoms with van der Waals surface area (Å²) in [6, 6.07) is 1.68. The molecule has 0 amide bonds. The van der Waals surface area contributed by atoms with Crippen molar-refractivity contribution in [3.8, 4) is 5.88 Å². The average molecular weight is 260 g/mol. The molecule has 1 aliphatic rings. The highest BCUT2D eigenvalue weighted by Gasteiger charge is 2.30. The number of nitrogens with two attached hydrogens (primary N) is 1. The summed E-state index contributed by atoms with van der Waals surface area (Å²) >= 11 is 0. The molecule has 1 aromatic heterocycles. The van der Waals surface area contributed by atoms with Crippen molar-refractivity contribution in [2.75, 3.05) is 12.3 Å². The van der Waals surface area contributed by atoms with Crippen LogP contribution in [0.25, 0.3) is 0 Å². The number of nitrogens with zero attached hydrogens (tertiary/aromatic N) is 1. The van der Waals surface area contributed by atoms with Crippen LogP contribution in [0, 0.1) is 0 Å². The molecule has 0 spiro atoms. The number of aromatic nitrogens is 1. The highest BCUT2D eigenvalue weighted by Crippen LogP contribution is 2.38. The fourth-order valence-electron chi connectivity index (χ4n) is 2.29. The number of rotatable bonds is 3. The zero-order chi connectivity index (χ0) is 13.2. The smallest absolute Gasteiger partial charge is 0.422 e. The highest BCUT2D eigenvalue weighted by atomic mass is 19.4. The molecule has 0 atom stereocenters. The number of hydrogen-bond acceptors (Lipinski definition) is 3. The monoisotopic (exact) mass is 260 g/mol. The van der Waals surface area contributed by atoms with Gasteiger partial charge in [0.1, 0.15) is 0 Å². The molecule has 100 valence electrons. The summed E-state index contributed by atoms with van der Waals surface area (Å²) in [6.07, 6.45) is 1.04. The van der Waals surface area contributed by atoms with E-state index in [0.717, 1.165) is 25.7 Å². The van der Waals surface area contributed by atoms with Crippen molar-refractivity contribution in [3.63, 3.8) is 0 Å². The third kappa shape index (κ3) is 3.27. The molecule has 0 aromatic carbocycles. The molecular weight excluding hydrogens is 245 g/mol. The SMILES string of the molecule is Nc1cnc(OCC(F)(F)F)c(C2CCCC2)c1. The molecule has 1 aromatic rings. The molecule has 1 saturated carbocycles. The standard InChI is InChI=1S/C12H15F3N2O/c13-12(14,15)7-18-11-10(5-9(16)6-17-11)8-3-1-2-4-8/h5-6,8H,1-4,7,16H2. The number of hydrogen-bond donors (Lipinski definition) is 1. The first-order valence-corrected chi connectivity index (χ1v) is 5.90. The Balaban J connectivity index is 2.17. The zero-order valence-electron chi connectivity index (χ0n) is 9.83. The van der Waals surface area contributed by atoms with Gasteiger partial charge in [-0.25, -0.2) is 4.98 Å². The van der Waals surface area contributed by atoms with E-state index in [-0.39, 0.29) is 11.8 Å². The van der Waals surface area contributed by atoms with Gasteiger partial charge in [0.15, 0.2) is 6.61 Å². The third-order valence-corrected chi connectivity index (χ3v) is 3.07. The lowest BCUT2D eigenvalue weighted by Crippen LogP contribution is -2.20. The number of anilines is 1. The van der Waals surface area contributed by atoms with Crippen molar-refractivity contribution in [1.29, 1.82) is 0 Å². The molecule has 2 rings (SSSR count). The van der Waals surface area contributed by atoms with Crippen LogP contribution in [0.1, 0.15) is 37.2 Å². The van der Waals surface area contributed by atoms with Crippen LogP contribution in [0.15, 0.2) is 12.3 Å². The molecule has 0 aliphatic heterocycles. The van der Waals surface area contributed by atoms with Gasteiger partial charge in [-0.1, -0.05) is 12.8 Å². The largest absolute Gasteiger partial charge is 0.468 e. The second kappa shape index (κ2) is 5.04. The van der Waals surface area contributed by atoms with E-state index in [2.05, 4.69) is 4.98 Å². The van der Waals surface area contributed by atoms with Gasteiger partial charge in [0.25, 0.3) is 0 Å². The van der Waals surface area contributed by atoms with Gasteiger partial charge in [-0.05, 0) is 24.8 Å². The van der Waals surface area contributed by atoms with E-state index in [1.807, 2.05) is 0 Å². The summed E-state index contributed by atoms with van der Waals surface area (Å²) < 4.78 is 41.2. The van der Waals surface area contributed by atoms with Crippen LogP contribution >= 0.6 is 0 Å². The van der Waals surface area contributed by atoms with Crippen LogP contribution < -0.4 is 10.5 Å². The Morgan fingerprint density at radius 2 is 2.00 bits per heavy atom. The maximum absolute atomic E-state index is 12.2. The van der Waals surface area contributed by atoms with Crippen LogP contribution in [-0.2, 0) is 0 Å². The lowest BCUT2D eigenvalue weighted by molar-refractivity contribution is -0.154. The Labute approximate surface area is 103 Å². The summed E-state index contributed by atoms with van der Waals surface area (Å²) in [5, 5.41) is 0. The molecule has 1 heterocycles. The predicted octanol–water partition coefficient (Wildman–Crippen LogP) is 3.26. The number of ether oxygens (including phenoxy) is 1. The molecule has 18 heavy (non-hydrogen) atoms. The molecule has 0 radical (unpaired) electrons. The number of nitrogen functional groups attached to an aromatic ring is 1. The predicted molar refractivity (Wildman–Crippen MR) is 61.4 cm³/mol. The second-order valence-electron chi connectivity index (χ2n) is 4.55. The van der Waals surface area contributed by atoms with Crippen LogP contribution in [-0.4, -0.2) is 17.8 Å². The fraction of sp³-hybridized carbons (Fsp3) is 0.583. The minimum Gasteiger partial charge on any atom is -0.468 e. The van der Waals surface area contributed by atoms with E-state index in [1.54, 1.807) is 6.07 Å². The fourth-order valence-corrected chi connectivity index (χ4v) is 2.29. The number of pyridine rings is 1. The van der Waals surface area contributed by atoms with Crippen molar-refractivity contribution >= 4 is 5.69 Å². The van der Waals surface area contributed by atoms with Gasteiger partial charge in [0.05, 0.1) is 11.9 Å². The third-order valence-electron chi connectivity index (χ3n) is 3.07.